The number of benzene rings is 1. The van der Waals surface area contributed by atoms with E-state index in [1.54, 1.807) is 14.0 Å². The van der Waals surface area contributed by atoms with Crippen LogP contribution < -0.4 is 4.74 Å². The molecule has 0 aromatic heterocycles. The van der Waals surface area contributed by atoms with Crippen LogP contribution in [0.15, 0.2) is 24.3 Å². The van der Waals surface area contributed by atoms with Crippen LogP contribution in [0.3, 0.4) is 0 Å². The van der Waals surface area contributed by atoms with Crippen LogP contribution in [0.2, 0.25) is 0 Å². The van der Waals surface area contributed by atoms with Crippen molar-refractivity contribution in [3.05, 3.63) is 29.8 Å². The molecular weight excluding hydrogens is 252 g/mol. The molecule has 1 aromatic rings. The summed E-state index contributed by atoms with van der Waals surface area (Å²) in [5, 5.41) is 8.73. The molecule has 1 aromatic carbocycles. The number of methoxy groups -OCH3 is 1. The molecule has 18 heavy (non-hydrogen) atoms. The molecule has 2 atom stereocenters. The minimum absolute atomic E-state index is 0.214. The molecule has 4 nitrogen and oxygen atoms in total. The number of hydrogen-bond acceptors (Lipinski definition) is 3. The van der Waals surface area contributed by atoms with Gasteiger partial charge in [0, 0.05) is 22.3 Å². The highest BCUT2D eigenvalue weighted by molar-refractivity contribution is 7.85. The topological polar surface area (TPSA) is 63.6 Å². The Bertz CT molecular complexity index is 414. The van der Waals surface area contributed by atoms with Gasteiger partial charge in [0.2, 0.25) is 0 Å². The average molecular weight is 270 g/mol. The van der Waals surface area contributed by atoms with Gasteiger partial charge in [-0.25, -0.2) is 0 Å². The van der Waals surface area contributed by atoms with E-state index in [9.17, 15) is 9.00 Å². The Labute approximate surface area is 109 Å². The minimum atomic E-state index is -1.09. The van der Waals surface area contributed by atoms with Gasteiger partial charge in [0.15, 0.2) is 0 Å². The fourth-order valence-corrected chi connectivity index (χ4v) is 2.79. The molecule has 0 bridgehead atoms. The maximum Gasteiger partial charge on any atom is 0.307 e. The van der Waals surface area contributed by atoms with E-state index in [4.69, 9.17) is 9.84 Å². The molecule has 1 N–H and O–H groups in total. The lowest BCUT2D eigenvalue weighted by molar-refractivity contribution is -0.140. The summed E-state index contributed by atoms with van der Waals surface area (Å²) >= 11 is 0. The molecule has 0 radical (unpaired) electrons. The van der Waals surface area contributed by atoms with Gasteiger partial charge in [0.1, 0.15) is 5.75 Å². The summed E-state index contributed by atoms with van der Waals surface area (Å²) in [6.07, 6.45) is 0.683. The highest BCUT2D eigenvalue weighted by Crippen LogP contribution is 2.12. The quantitative estimate of drug-likeness (QED) is 0.819. The zero-order valence-electron chi connectivity index (χ0n) is 10.6. The molecule has 100 valence electrons. The zero-order valence-corrected chi connectivity index (χ0v) is 11.4. The lowest BCUT2D eigenvalue weighted by Gasteiger charge is -2.06. The van der Waals surface area contributed by atoms with Crippen LogP contribution >= 0.6 is 0 Å². The molecular formula is C13H18O4S. The monoisotopic (exact) mass is 270 g/mol. The van der Waals surface area contributed by atoms with Gasteiger partial charge in [-0.05, 0) is 24.1 Å². The first kappa shape index (κ1) is 14.7. The second-order valence-corrected chi connectivity index (χ2v) is 5.77. The average Bonchev–Trinajstić information content (AvgIpc) is 2.36. The summed E-state index contributed by atoms with van der Waals surface area (Å²) in [7, 11) is 0.518. The molecule has 2 unspecified atom stereocenters. The Balaban J connectivity index is 2.40. The van der Waals surface area contributed by atoms with E-state index in [2.05, 4.69) is 0 Å². The Morgan fingerprint density at radius 3 is 2.50 bits per heavy atom. The van der Waals surface area contributed by atoms with Gasteiger partial charge >= 0.3 is 5.97 Å². The molecule has 0 aliphatic rings. The van der Waals surface area contributed by atoms with Gasteiger partial charge < -0.3 is 9.84 Å². The van der Waals surface area contributed by atoms with Crippen molar-refractivity contribution in [3.8, 4) is 5.75 Å². The number of ether oxygens (including phenoxy) is 1. The number of carboxylic acid groups (broad SMARTS) is 1. The van der Waals surface area contributed by atoms with Crippen LogP contribution in [0.1, 0.15) is 12.5 Å². The number of hydrogen-bond donors (Lipinski definition) is 1. The van der Waals surface area contributed by atoms with Crippen LogP contribution in [-0.2, 0) is 22.0 Å². The molecule has 1 rings (SSSR count). The number of carboxylic acids is 1. The van der Waals surface area contributed by atoms with Gasteiger partial charge in [-0.1, -0.05) is 19.1 Å². The molecule has 0 aliphatic carbocycles. The predicted octanol–water partition coefficient (Wildman–Crippen LogP) is 1.71. The van der Waals surface area contributed by atoms with E-state index in [-0.39, 0.29) is 5.75 Å². The summed E-state index contributed by atoms with van der Waals surface area (Å²) in [5.41, 5.74) is 1.08. The van der Waals surface area contributed by atoms with E-state index in [0.29, 0.717) is 12.2 Å². The van der Waals surface area contributed by atoms with Crippen molar-refractivity contribution in [2.45, 2.75) is 13.3 Å². The Morgan fingerprint density at radius 2 is 2.00 bits per heavy atom. The number of aryl methyl sites for hydroxylation is 1. The highest BCUT2D eigenvalue weighted by Gasteiger charge is 2.14. The minimum Gasteiger partial charge on any atom is -0.497 e. The Morgan fingerprint density at radius 1 is 1.39 bits per heavy atom. The molecule has 0 saturated heterocycles. The Kier molecular flexibility index (Phi) is 5.85. The second kappa shape index (κ2) is 7.16. The summed E-state index contributed by atoms with van der Waals surface area (Å²) < 4.78 is 16.7. The third-order valence-electron chi connectivity index (χ3n) is 2.63. The highest BCUT2D eigenvalue weighted by atomic mass is 32.2. The van der Waals surface area contributed by atoms with Gasteiger partial charge in [0.25, 0.3) is 0 Å². The first-order valence-corrected chi connectivity index (χ1v) is 7.22. The van der Waals surface area contributed by atoms with E-state index in [1.807, 2.05) is 24.3 Å². The van der Waals surface area contributed by atoms with E-state index in [1.165, 1.54) is 0 Å². The first-order valence-electron chi connectivity index (χ1n) is 5.73. The van der Waals surface area contributed by atoms with Crippen LogP contribution in [0.4, 0.5) is 0 Å². The summed E-state index contributed by atoms with van der Waals surface area (Å²) in [4.78, 5) is 10.6. The van der Waals surface area contributed by atoms with Crippen molar-refractivity contribution in [3.63, 3.8) is 0 Å². The predicted molar refractivity (Wildman–Crippen MR) is 71.4 cm³/mol. The second-order valence-electron chi connectivity index (χ2n) is 4.15. The maximum absolute atomic E-state index is 11.7. The van der Waals surface area contributed by atoms with Gasteiger partial charge in [-0.2, -0.15) is 0 Å². The summed E-state index contributed by atoms with van der Waals surface area (Å²) in [6.45, 7) is 1.58. The third-order valence-corrected chi connectivity index (χ3v) is 4.17. The SMILES string of the molecule is COc1ccc(CCS(=O)CC(C)C(=O)O)cc1. The lowest BCUT2D eigenvalue weighted by atomic mass is 10.2. The number of carbonyl (C=O) groups is 1. The zero-order chi connectivity index (χ0) is 13.5. The van der Waals surface area contributed by atoms with Crippen LogP contribution in [0.25, 0.3) is 0 Å². The fraction of sp³-hybridized carbons (Fsp3) is 0.462. The van der Waals surface area contributed by atoms with Crippen LogP contribution in [-0.4, -0.2) is 33.9 Å². The fourth-order valence-electron chi connectivity index (χ4n) is 1.46. The van der Waals surface area contributed by atoms with Crippen LogP contribution in [0, 0.1) is 5.92 Å². The molecule has 5 heteroatoms. The van der Waals surface area contributed by atoms with Crippen molar-refractivity contribution >= 4 is 16.8 Å². The number of aliphatic carboxylic acids is 1. The van der Waals surface area contributed by atoms with Crippen molar-refractivity contribution in [1.82, 2.24) is 0 Å². The molecule has 0 spiro atoms. The summed E-state index contributed by atoms with van der Waals surface area (Å²) in [5.74, 6) is 0.0454. The molecule has 0 amide bonds. The lowest BCUT2D eigenvalue weighted by Crippen LogP contribution is -2.19. The van der Waals surface area contributed by atoms with Crippen LogP contribution in [0.5, 0.6) is 5.75 Å². The van der Waals surface area contributed by atoms with E-state index < -0.39 is 22.7 Å². The largest absolute Gasteiger partial charge is 0.497 e. The molecule has 0 fully saturated rings. The van der Waals surface area contributed by atoms with Gasteiger partial charge in [-0.3, -0.25) is 9.00 Å². The number of rotatable bonds is 7. The third kappa shape index (κ3) is 4.87. The van der Waals surface area contributed by atoms with Crippen molar-refractivity contribution in [2.24, 2.45) is 5.92 Å². The maximum atomic E-state index is 11.7. The molecule has 0 aliphatic heterocycles. The van der Waals surface area contributed by atoms with E-state index in [0.717, 1.165) is 11.3 Å². The van der Waals surface area contributed by atoms with Crippen molar-refractivity contribution in [1.29, 1.82) is 0 Å². The first-order chi connectivity index (χ1) is 8.52. The summed E-state index contributed by atoms with van der Waals surface area (Å²) in [6, 6.07) is 7.57. The Hall–Kier alpha value is -1.36. The standard InChI is InChI=1S/C13H18O4S/c1-10(13(14)15)9-18(16)8-7-11-3-5-12(17-2)6-4-11/h3-6,10H,7-9H2,1-2H3,(H,14,15). The van der Waals surface area contributed by atoms with Gasteiger partial charge in [-0.15, -0.1) is 0 Å². The smallest absolute Gasteiger partial charge is 0.307 e. The van der Waals surface area contributed by atoms with Gasteiger partial charge in [0.05, 0.1) is 13.0 Å². The normalized spacial score (nSPS) is 13.9. The molecule has 0 saturated carbocycles. The molecule has 0 heterocycles. The van der Waals surface area contributed by atoms with Crippen molar-refractivity contribution in [2.75, 3.05) is 18.6 Å². The van der Waals surface area contributed by atoms with Crippen molar-refractivity contribution < 1.29 is 18.8 Å². The van der Waals surface area contributed by atoms with E-state index >= 15 is 0 Å².